The first-order valence-corrected chi connectivity index (χ1v) is 5.80. The van der Waals surface area contributed by atoms with Gasteiger partial charge in [0.15, 0.2) is 0 Å². The molecular formula is C14H19NO3. The molecule has 0 bridgehead atoms. The molecule has 0 amide bonds. The van der Waals surface area contributed by atoms with Crippen molar-refractivity contribution in [3.8, 4) is 0 Å². The molecule has 1 aromatic carbocycles. The van der Waals surface area contributed by atoms with Gasteiger partial charge in [0.2, 0.25) is 0 Å². The van der Waals surface area contributed by atoms with Gasteiger partial charge >= 0.3 is 5.97 Å². The summed E-state index contributed by atoms with van der Waals surface area (Å²) in [7, 11) is 3.69. The summed E-state index contributed by atoms with van der Waals surface area (Å²) in [4.78, 5) is 12.7. The largest absolute Gasteiger partial charge is 0.478 e. The zero-order valence-electron chi connectivity index (χ0n) is 10.8. The van der Waals surface area contributed by atoms with Crippen LogP contribution in [-0.2, 0) is 16.1 Å². The lowest BCUT2D eigenvalue weighted by Crippen LogP contribution is -2.22. The van der Waals surface area contributed by atoms with E-state index < -0.39 is 5.97 Å². The third kappa shape index (κ3) is 5.12. The molecule has 18 heavy (non-hydrogen) atoms. The number of rotatable bonds is 7. The fourth-order valence-electron chi connectivity index (χ4n) is 1.62. The van der Waals surface area contributed by atoms with Gasteiger partial charge in [0.05, 0.1) is 6.61 Å². The van der Waals surface area contributed by atoms with Crippen LogP contribution in [0.2, 0.25) is 0 Å². The predicted molar refractivity (Wildman–Crippen MR) is 71.3 cm³/mol. The third-order valence-electron chi connectivity index (χ3n) is 2.58. The summed E-state index contributed by atoms with van der Waals surface area (Å²) in [5.41, 5.74) is 2.04. The molecule has 4 nitrogen and oxygen atoms in total. The second-order valence-corrected chi connectivity index (χ2v) is 4.10. The van der Waals surface area contributed by atoms with E-state index in [-0.39, 0.29) is 0 Å². The van der Waals surface area contributed by atoms with Gasteiger partial charge in [-0.2, -0.15) is 0 Å². The number of benzene rings is 1. The molecule has 0 unspecified atom stereocenters. The SMILES string of the molecule is COCCN(C)Cc1ccccc1C=CC(=O)O. The van der Waals surface area contributed by atoms with E-state index in [1.807, 2.05) is 31.3 Å². The number of ether oxygens (including phenoxy) is 1. The Bertz CT molecular complexity index is 415. The van der Waals surface area contributed by atoms with Crippen LogP contribution < -0.4 is 0 Å². The molecule has 1 rings (SSSR count). The van der Waals surface area contributed by atoms with E-state index in [1.54, 1.807) is 13.2 Å². The minimum absolute atomic E-state index is 0.684. The second-order valence-electron chi connectivity index (χ2n) is 4.10. The van der Waals surface area contributed by atoms with Gasteiger partial charge in [0.25, 0.3) is 0 Å². The van der Waals surface area contributed by atoms with Crippen molar-refractivity contribution in [1.82, 2.24) is 4.90 Å². The number of hydrogen-bond acceptors (Lipinski definition) is 3. The summed E-state index contributed by atoms with van der Waals surface area (Å²) in [5.74, 6) is -0.933. The van der Waals surface area contributed by atoms with Gasteiger partial charge in [0.1, 0.15) is 0 Å². The lowest BCUT2D eigenvalue weighted by Gasteiger charge is -2.17. The lowest BCUT2D eigenvalue weighted by molar-refractivity contribution is -0.131. The highest BCUT2D eigenvalue weighted by atomic mass is 16.5. The molecule has 1 N–H and O–H groups in total. The number of methoxy groups -OCH3 is 1. The fourth-order valence-corrected chi connectivity index (χ4v) is 1.62. The van der Waals surface area contributed by atoms with E-state index in [4.69, 9.17) is 9.84 Å². The number of nitrogens with zero attached hydrogens (tertiary/aromatic N) is 1. The number of likely N-dealkylation sites (N-methyl/N-ethyl adjacent to an activating group) is 1. The molecule has 0 saturated heterocycles. The van der Waals surface area contributed by atoms with E-state index in [2.05, 4.69) is 4.90 Å². The summed E-state index contributed by atoms with van der Waals surface area (Å²) in [6.07, 6.45) is 2.79. The maximum Gasteiger partial charge on any atom is 0.328 e. The van der Waals surface area contributed by atoms with E-state index in [9.17, 15) is 4.79 Å². The number of hydrogen-bond donors (Lipinski definition) is 1. The van der Waals surface area contributed by atoms with Crippen LogP contribution in [0, 0.1) is 0 Å². The van der Waals surface area contributed by atoms with Gasteiger partial charge < -0.3 is 9.84 Å². The highest BCUT2D eigenvalue weighted by Gasteiger charge is 2.03. The molecule has 0 heterocycles. The van der Waals surface area contributed by atoms with E-state index in [0.29, 0.717) is 6.61 Å². The van der Waals surface area contributed by atoms with Gasteiger partial charge in [-0.25, -0.2) is 4.79 Å². The topological polar surface area (TPSA) is 49.8 Å². The van der Waals surface area contributed by atoms with Crippen molar-refractivity contribution in [3.05, 3.63) is 41.5 Å². The zero-order chi connectivity index (χ0) is 13.4. The number of carboxylic acids is 1. The first-order chi connectivity index (χ1) is 8.63. The Kier molecular flexibility index (Phi) is 6.11. The van der Waals surface area contributed by atoms with E-state index in [1.165, 1.54) is 0 Å². The highest BCUT2D eigenvalue weighted by molar-refractivity contribution is 5.85. The normalized spacial score (nSPS) is 11.3. The summed E-state index contributed by atoms with van der Waals surface area (Å²) < 4.78 is 5.03. The van der Waals surface area contributed by atoms with Crippen LogP contribution in [0.5, 0.6) is 0 Å². The van der Waals surface area contributed by atoms with Crippen molar-refractivity contribution in [2.45, 2.75) is 6.54 Å². The molecule has 0 aliphatic heterocycles. The summed E-state index contributed by atoms with van der Waals surface area (Å²) in [6.45, 7) is 2.29. The van der Waals surface area contributed by atoms with Gasteiger partial charge in [-0.15, -0.1) is 0 Å². The number of carboxylic acid groups (broad SMARTS) is 1. The Labute approximate surface area is 107 Å². The van der Waals surface area contributed by atoms with Crippen LogP contribution in [-0.4, -0.2) is 43.3 Å². The Hall–Kier alpha value is -1.65. The van der Waals surface area contributed by atoms with Gasteiger partial charge in [-0.3, -0.25) is 4.90 Å². The molecule has 0 radical (unpaired) electrons. The molecule has 0 aliphatic carbocycles. The molecule has 0 spiro atoms. The maximum absolute atomic E-state index is 10.5. The average molecular weight is 249 g/mol. The van der Waals surface area contributed by atoms with Crippen LogP contribution in [0.15, 0.2) is 30.3 Å². The Morgan fingerprint density at radius 3 is 2.83 bits per heavy atom. The molecule has 0 saturated carbocycles. The highest BCUT2D eigenvalue weighted by Crippen LogP contribution is 2.12. The monoisotopic (exact) mass is 249 g/mol. The zero-order valence-corrected chi connectivity index (χ0v) is 10.8. The molecule has 0 aliphatic rings. The van der Waals surface area contributed by atoms with Crippen molar-refractivity contribution >= 4 is 12.0 Å². The Morgan fingerprint density at radius 2 is 2.17 bits per heavy atom. The Balaban J connectivity index is 2.72. The summed E-state index contributed by atoms with van der Waals surface area (Å²) in [6, 6.07) is 7.78. The summed E-state index contributed by atoms with van der Waals surface area (Å²) >= 11 is 0. The molecule has 0 fully saturated rings. The second kappa shape index (κ2) is 7.63. The van der Waals surface area contributed by atoms with Crippen LogP contribution >= 0.6 is 0 Å². The molecule has 0 atom stereocenters. The van der Waals surface area contributed by atoms with Crippen molar-refractivity contribution in [1.29, 1.82) is 0 Å². The average Bonchev–Trinajstić information content (AvgIpc) is 2.35. The first kappa shape index (κ1) is 14.4. The molecule has 0 aromatic heterocycles. The lowest BCUT2D eigenvalue weighted by atomic mass is 10.1. The molecular weight excluding hydrogens is 230 g/mol. The number of carbonyl (C=O) groups is 1. The Morgan fingerprint density at radius 1 is 1.44 bits per heavy atom. The smallest absolute Gasteiger partial charge is 0.328 e. The fraction of sp³-hybridized carbons (Fsp3) is 0.357. The summed E-state index contributed by atoms with van der Waals surface area (Å²) in [5, 5.41) is 8.65. The van der Waals surface area contributed by atoms with E-state index in [0.717, 1.165) is 30.3 Å². The van der Waals surface area contributed by atoms with Gasteiger partial charge in [0, 0.05) is 26.3 Å². The van der Waals surface area contributed by atoms with Crippen molar-refractivity contribution in [3.63, 3.8) is 0 Å². The van der Waals surface area contributed by atoms with Crippen molar-refractivity contribution in [2.24, 2.45) is 0 Å². The third-order valence-corrected chi connectivity index (χ3v) is 2.58. The van der Waals surface area contributed by atoms with Crippen LogP contribution in [0.25, 0.3) is 6.08 Å². The molecule has 1 aromatic rings. The van der Waals surface area contributed by atoms with Gasteiger partial charge in [-0.1, -0.05) is 24.3 Å². The maximum atomic E-state index is 10.5. The number of aliphatic carboxylic acids is 1. The minimum atomic E-state index is -0.933. The van der Waals surface area contributed by atoms with Crippen LogP contribution in [0.1, 0.15) is 11.1 Å². The standard InChI is InChI=1S/C14H19NO3/c1-15(9-10-18-2)11-13-6-4-3-5-12(13)7-8-14(16)17/h3-8H,9-11H2,1-2H3,(H,16,17). The van der Waals surface area contributed by atoms with Gasteiger partial charge in [-0.05, 0) is 24.3 Å². The molecule has 98 valence electrons. The minimum Gasteiger partial charge on any atom is -0.478 e. The first-order valence-electron chi connectivity index (χ1n) is 5.80. The quantitative estimate of drug-likeness (QED) is 0.749. The van der Waals surface area contributed by atoms with Crippen LogP contribution in [0.3, 0.4) is 0 Å². The van der Waals surface area contributed by atoms with E-state index >= 15 is 0 Å². The molecule has 4 heteroatoms. The predicted octanol–water partition coefficient (Wildman–Crippen LogP) is 1.86. The van der Waals surface area contributed by atoms with Crippen molar-refractivity contribution < 1.29 is 14.6 Å². The van der Waals surface area contributed by atoms with Crippen molar-refractivity contribution in [2.75, 3.05) is 27.3 Å². The van der Waals surface area contributed by atoms with Crippen LogP contribution in [0.4, 0.5) is 0 Å².